The predicted octanol–water partition coefficient (Wildman–Crippen LogP) is 4.62. The van der Waals surface area contributed by atoms with E-state index in [2.05, 4.69) is 18.0 Å². The largest absolute Gasteiger partial charge is 0.299 e. The number of carbonyl (C=O) groups excluding carboxylic acids is 1. The quantitative estimate of drug-likeness (QED) is 0.821. The first-order valence-electron chi connectivity index (χ1n) is 7.63. The highest BCUT2D eigenvalue weighted by atomic mass is 32.1. The van der Waals surface area contributed by atoms with E-state index in [0.717, 1.165) is 29.3 Å². The Kier molecular flexibility index (Phi) is 4.16. The third kappa shape index (κ3) is 2.93. The second-order valence-corrected chi connectivity index (χ2v) is 6.96. The summed E-state index contributed by atoms with van der Waals surface area (Å²) in [4.78, 5) is 17.0. The van der Waals surface area contributed by atoms with Gasteiger partial charge >= 0.3 is 0 Å². The standard InChI is InChI=1S/C17H21NOS/c1-2-12-7-9-13(10-8-12)15(19)11-17-18-14-5-3-4-6-16(14)20-17/h3-6,12-13H,2,7-11H2,1H3. The Bertz CT molecular complexity index is 563. The average molecular weight is 287 g/mol. The van der Waals surface area contributed by atoms with Crippen molar-refractivity contribution in [2.75, 3.05) is 0 Å². The van der Waals surface area contributed by atoms with Crippen molar-refractivity contribution in [3.63, 3.8) is 0 Å². The Hall–Kier alpha value is -1.22. The molecule has 1 heterocycles. The molecule has 3 heteroatoms. The van der Waals surface area contributed by atoms with Gasteiger partial charge < -0.3 is 0 Å². The number of hydrogen-bond acceptors (Lipinski definition) is 3. The molecule has 0 N–H and O–H groups in total. The summed E-state index contributed by atoms with van der Waals surface area (Å²) in [6.45, 7) is 2.26. The SMILES string of the molecule is CCC1CCC(C(=O)Cc2nc3ccccc3s2)CC1. The minimum Gasteiger partial charge on any atom is -0.299 e. The van der Waals surface area contributed by atoms with Crippen LogP contribution in [0.1, 0.15) is 44.0 Å². The van der Waals surface area contributed by atoms with E-state index in [1.54, 1.807) is 11.3 Å². The Morgan fingerprint density at radius 2 is 2.00 bits per heavy atom. The number of rotatable bonds is 4. The lowest BCUT2D eigenvalue weighted by molar-refractivity contribution is -0.123. The molecule has 0 saturated heterocycles. The zero-order valence-corrected chi connectivity index (χ0v) is 12.8. The minimum absolute atomic E-state index is 0.282. The van der Waals surface area contributed by atoms with Crippen LogP contribution in [0.25, 0.3) is 10.2 Å². The molecular formula is C17H21NOS. The zero-order valence-electron chi connectivity index (χ0n) is 12.0. The zero-order chi connectivity index (χ0) is 13.9. The third-order valence-electron chi connectivity index (χ3n) is 4.54. The molecule has 0 bridgehead atoms. The van der Waals surface area contributed by atoms with Crippen LogP contribution in [-0.2, 0) is 11.2 Å². The molecule has 106 valence electrons. The maximum atomic E-state index is 12.4. The first kappa shape index (κ1) is 13.7. The molecule has 1 aliphatic carbocycles. The van der Waals surface area contributed by atoms with Gasteiger partial charge in [-0.25, -0.2) is 4.98 Å². The molecule has 2 aromatic rings. The predicted molar refractivity (Wildman–Crippen MR) is 84.1 cm³/mol. The Labute approximate surface area is 124 Å². The lowest BCUT2D eigenvalue weighted by Gasteiger charge is -2.26. The molecule has 0 aliphatic heterocycles. The van der Waals surface area contributed by atoms with E-state index in [-0.39, 0.29) is 5.92 Å². The molecule has 3 rings (SSSR count). The Morgan fingerprint density at radius 1 is 1.25 bits per heavy atom. The van der Waals surface area contributed by atoms with Crippen LogP contribution >= 0.6 is 11.3 Å². The molecule has 1 aliphatic rings. The molecule has 0 unspecified atom stereocenters. The highest BCUT2D eigenvalue weighted by molar-refractivity contribution is 7.18. The fourth-order valence-corrected chi connectivity index (χ4v) is 4.16. The lowest BCUT2D eigenvalue weighted by Crippen LogP contribution is -2.23. The highest BCUT2D eigenvalue weighted by Crippen LogP contribution is 2.32. The van der Waals surface area contributed by atoms with Gasteiger partial charge in [0.25, 0.3) is 0 Å². The molecule has 0 atom stereocenters. The van der Waals surface area contributed by atoms with Gasteiger partial charge in [0.1, 0.15) is 10.8 Å². The van der Waals surface area contributed by atoms with Crippen LogP contribution < -0.4 is 0 Å². The van der Waals surface area contributed by atoms with Gasteiger partial charge in [0.15, 0.2) is 0 Å². The van der Waals surface area contributed by atoms with Gasteiger partial charge in [-0.05, 0) is 43.7 Å². The van der Waals surface area contributed by atoms with Crippen molar-refractivity contribution in [2.45, 2.75) is 45.4 Å². The number of ketones is 1. The van der Waals surface area contributed by atoms with Crippen molar-refractivity contribution in [1.82, 2.24) is 4.98 Å². The van der Waals surface area contributed by atoms with Crippen LogP contribution in [-0.4, -0.2) is 10.8 Å². The minimum atomic E-state index is 0.282. The second-order valence-electron chi connectivity index (χ2n) is 5.84. The number of aromatic nitrogens is 1. The summed E-state index contributed by atoms with van der Waals surface area (Å²) in [5.41, 5.74) is 1.02. The number of hydrogen-bond donors (Lipinski definition) is 0. The summed E-state index contributed by atoms with van der Waals surface area (Å²) < 4.78 is 1.19. The summed E-state index contributed by atoms with van der Waals surface area (Å²) in [7, 11) is 0. The van der Waals surface area contributed by atoms with E-state index >= 15 is 0 Å². The summed E-state index contributed by atoms with van der Waals surface area (Å²) in [5.74, 6) is 1.53. The number of thiazole rings is 1. The number of nitrogens with zero attached hydrogens (tertiary/aromatic N) is 1. The van der Waals surface area contributed by atoms with Gasteiger partial charge in [0.2, 0.25) is 0 Å². The van der Waals surface area contributed by atoms with E-state index in [0.29, 0.717) is 12.2 Å². The average Bonchev–Trinajstić information content (AvgIpc) is 2.89. The second kappa shape index (κ2) is 6.04. The Balaban J connectivity index is 1.64. The maximum absolute atomic E-state index is 12.4. The third-order valence-corrected chi connectivity index (χ3v) is 5.58. The van der Waals surface area contributed by atoms with E-state index in [1.165, 1.54) is 24.0 Å². The molecule has 1 saturated carbocycles. The van der Waals surface area contributed by atoms with Crippen LogP contribution in [0.3, 0.4) is 0 Å². The number of para-hydroxylation sites is 1. The molecule has 1 aromatic heterocycles. The van der Waals surface area contributed by atoms with Gasteiger partial charge in [-0.15, -0.1) is 11.3 Å². The van der Waals surface area contributed by atoms with E-state index < -0.39 is 0 Å². The number of carbonyl (C=O) groups is 1. The monoisotopic (exact) mass is 287 g/mol. The molecule has 2 nitrogen and oxygen atoms in total. The van der Waals surface area contributed by atoms with Crippen molar-refractivity contribution < 1.29 is 4.79 Å². The summed E-state index contributed by atoms with van der Waals surface area (Å²) in [6.07, 6.45) is 6.42. The van der Waals surface area contributed by atoms with Gasteiger partial charge in [-0.2, -0.15) is 0 Å². The van der Waals surface area contributed by atoms with E-state index in [4.69, 9.17) is 0 Å². The van der Waals surface area contributed by atoms with Crippen LogP contribution in [0.4, 0.5) is 0 Å². The molecular weight excluding hydrogens is 266 g/mol. The maximum Gasteiger partial charge on any atom is 0.142 e. The van der Waals surface area contributed by atoms with Crippen LogP contribution in [0, 0.1) is 11.8 Å². The number of benzene rings is 1. The first-order valence-corrected chi connectivity index (χ1v) is 8.45. The fourth-order valence-electron chi connectivity index (χ4n) is 3.18. The summed E-state index contributed by atoms with van der Waals surface area (Å²) >= 11 is 1.66. The van der Waals surface area contributed by atoms with E-state index in [9.17, 15) is 4.79 Å². The number of Topliss-reactive ketones (excluding diaryl/α,β-unsaturated/α-hetero) is 1. The summed E-state index contributed by atoms with van der Waals surface area (Å²) in [5, 5.41) is 0.980. The van der Waals surface area contributed by atoms with Crippen LogP contribution in [0.15, 0.2) is 24.3 Å². The molecule has 20 heavy (non-hydrogen) atoms. The normalized spacial score (nSPS) is 23.1. The molecule has 0 spiro atoms. The first-order chi connectivity index (χ1) is 9.76. The lowest BCUT2D eigenvalue weighted by atomic mass is 9.78. The molecule has 0 amide bonds. The van der Waals surface area contributed by atoms with Gasteiger partial charge in [-0.3, -0.25) is 4.79 Å². The van der Waals surface area contributed by atoms with Gasteiger partial charge in [0.05, 0.1) is 16.6 Å². The van der Waals surface area contributed by atoms with E-state index in [1.807, 2.05) is 18.2 Å². The van der Waals surface area contributed by atoms with Crippen molar-refractivity contribution in [3.05, 3.63) is 29.3 Å². The smallest absolute Gasteiger partial charge is 0.142 e. The fraction of sp³-hybridized carbons (Fsp3) is 0.529. The highest BCUT2D eigenvalue weighted by Gasteiger charge is 2.25. The Morgan fingerprint density at radius 3 is 2.70 bits per heavy atom. The van der Waals surface area contributed by atoms with Crippen LogP contribution in [0.2, 0.25) is 0 Å². The number of fused-ring (bicyclic) bond motifs is 1. The molecule has 0 radical (unpaired) electrons. The van der Waals surface area contributed by atoms with Gasteiger partial charge in [0, 0.05) is 5.92 Å². The van der Waals surface area contributed by atoms with Gasteiger partial charge in [-0.1, -0.05) is 25.5 Å². The van der Waals surface area contributed by atoms with Crippen molar-refractivity contribution in [3.8, 4) is 0 Å². The van der Waals surface area contributed by atoms with Crippen molar-refractivity contribution in [1.29, 1.82) is 0 Å². The molecule has 1 fully saturated rings. The van der Waals surface area contributed by atoms with Crippen LogP contribution in [0.5, 0.6) is 0 Å². The van der Waals surface area contributed by atoms with Crippen molar-refractivity contribution >= 4 is 27.3 Å². The summed E-state index contributed by atoms with van der Waals surface area (Å²) in [6, 6.07) is 8.12. The topological polar surface area (TPSA) is 30.0 Å². The van der Waals surface area contributed by atoms with Crippen molar-refractivity contribution in [2.24, 2.45) is 11.8 Å². The molecule has 1 aromatic carbocycles.